The van der Waals surface area contributed by atoms with Gasteiger partial charge in [0.05, 0.1) is 16.1 Å². The molecule has 1 aromatic carbocycles. The molecule has 6 heteroatoms. The third-order valence-electron chi connectivity index (χ3n) is 3.29. The number of halogens is 2. The Morgan fingerprint density at radius 1 is 1.20 bits per heavy atom. The molecule has 20 heavy (non-hydrogen) atoms. The highest BCUT2D eigenvalue weighted by atomic mass is 35.5. The minimum atomic E-state index is -0.281. The van der Waals surface area contributed by atoms with E-state index in [0.29, 0.717) is 10.0 Å². The standard InChI is InChI=1S/C14H20Cl2N2O2/c1-8(7-19)9(2)17-14(20)18-10(3)11-4-5-12(15)13(16)6-11/h4-6,8-10,19H,7H2,1-3H3,(H2,17,18,20). The van der Waals surface area contributed by atoms with E-state index in [2.05, 4.69) is 10.6 Å². The minimum absolute atomic E-state index is 0.000956. The predicted molar refractivity (Wildman–Crippen MR) is 82.3 cm³/mol. The molecule has 0 heterocycles. The van der Waals surface area contributed by atoms with Gasteiger partial charge in [0.15, 0.2) is 0 Å². The lowest BCUT2D eigenvalue weighted by atomic mass is 10.1. The second kappa shape index (κ2) is 7.72. The Labute approximate surface area is 129 Å². The zero-order chi connectivity index (χ0) is 15.3. The number of hydrogen-bond donors (Lipinski definition) is 3. The first-order chi connectivity index (χ1) is 9.35. The Hall–Kier alpha value is -0.970. The van der Waals surface area contributed by atoms with Crippen LogP contribution in [0.5, 0.6) is 0 Å². The van der Waals surface area contributed by atoms with Crippen LogP contribution in [0.15, 0.2) is 18.2 Å². The summed E-state index contributed by atoms with van der Waals surface area (Å²) in [4.78, 5) is 11.8. The molecule has 0 aliphatic carbocycles. The number of nitrogens with one attached hydrogen (secondary N) is 2. The van der Waals surface area contributed by atoms with E-state index >= 15 is 0 Å². The Balaban J connectivity index is 2.59. The average molecular weight is 319 g/mol. The Kier molecular flexibility index (Phi) is 6.59. The van der Waals surface area contributed by atoms with Gasteiger partial charge in [-0.15, -0.1) is 0 Å². The van der Waals surface area contributed by atoms with Gasteiger partial charge in [-0.05, 0) is 37.5 Å². The highest BCUT2D eigenvalue weighted by Crippen LogP contribution is 2.25. The minimum Gasteiger partial charge on any atom is -0.396 e. The van der Waals surface area contributed by atoms with Crippen molar-refractivity contribution in [3.05, 3.63) is 33.8 Å². The number of aliphatic hydroxyl groups excluding tert-OH is 1. The molecule has 0 spiro atoms. The molecule has 112 valence electrons. The van der Waals surface area contributed by atoms with E-state index < -0.39 is 0 Å². The summed E-state index contributed by atoms with van der Waals surface area (Å²) in [7, 11) is 0. The predicted octanol–water partition coefficient (Wildman–Crippen LogP) is 3.37. The van der Waals surface area contributed by atoms with Gasteiger partial charge < -0.3 is 15.7 Å². The van der Waals surface area contributed by atoms with Gasteiger partial charge in [-0.1, -0.05) is 36.2 Å². The van der Waals surface area contributed by atoms with Crippen LogP contribution in [0, 0.1) is 5.92 Å². The van der Waals surface area contributed by atoms with Gasteiger partial charge in [-0.3, -0.25) is 0 Å². The van der Waals surface area contributed by atoms with Gasteiger partial charge in [0.1, 0.15) is 0 Å². The Bertz CT molecular complexity index is 468. The molecule has 3 atom stereocenters. The number of amides is 2. The number of hydrogen-bond acceptors (Lipinski definition) is 2. The van der Waals surface area contributed by atoms with E-state index in [1.807, 2.05) is 26.8 Å². The SMILES string of the molecule is CC(NC(=O)NC(C)C(C)CO)c1ccc(Cl)c(Cl)c1. The molecule has 3 unspecified atom stereocenters. The molecule has 0 saturated heterocycles. The fourth-order valence-corrected chi connectivity index (χ4v) is 1.92. The van der Waals surface area contributed by atoms with Gasteiger partial charge in [-0.25, -0.2) is 4.79 Å². The number of urea groups is 1. The summed E-state index contributed by atoms with van der Waals surface area (Å²) >= 11 is 11.8. The number of benzene rings is 1. The molecule has 0 aliphatic heterocycles. The van der Waals surface area contributed by atoms with Crippen molar-refractivity contribution < 1.29 is 9.90 Å². The van der Waals surface area contributed by atoms with Crippen LogP contribution in [0.3, 0.4) is 0 Å². The number of rotatable bonds is 5. The van der Waals surface area contributed by atoms with Crippen LogP contribution < -0.4 is 10.6 Å². The maximum Gasteiger partial charge on any atom is 0.315 e. The third kappa shape index (κ3) is 4.85. The first-order valence-corrected chi connectivity index (χ1v) is 7.23. The van der Waals surface area contributed by atoms with Crippen molar-refractivity contribution in [2.24, 2.45) is 5.92 Å². The zero-order valence-corrected chi connectivity index (χ0v) is 13.3. The molecule has 3 N–H and O–H groups in total. The fraction of sp³-hybridized carbons (Fsp3) is 0.500. The van der Waals surface area contributed by atoms with E-state index in [1.54, 1.807) is 12.1 Å². The number of carbonyl (C=O) groups excluding carboxylic acids is 1. The monoisotopic (exact) mass is 318 g/mol. The Morgan fingerprint density at radius 3 is 2.40 bits per heavy atom. The lowest BCUT2D eigenvalue weighted by Gasteiger charge is -2.22. The van der Waals surface area contributed by atoms with Gasteiger partial charge in [-0.2, -0.15) is 0 Å². The van der Waals surface area contributed by atoms with Gasteiger partial charge in [0, 0.05) is 12.6 Å². The topological polar surface area (TPSA) is 61.4 Å². The molecular weight excluding hydrogens is 299 g/mol. The Morgan fingerprint density at radius 2 is 1.85 bits per heavy atom. The maximum atomic E-state index is 11.8. The molecule has 1 rings (SSSR count). The van der Waals surface area contributed by atoms with Crippen LogP contribution >= 0.6 is 23.2 Å². The van der Waals surface area contributed by atoms with Crippen molar-refractivity contribution in [3.63, 3.8) is 0 Å². The number of carbonyl (C=O) groups is 1. The molecule has 0 radical (unpaired) electrons. The lowest BCUT2D eigenvalue weighted by Crippen LogP contribution is -2.44. The van der Waals surface area contributed by atoms with Gasteiger partial charge in [0.25, 0.3) is 0 Å². The van der Waals surface area contributed by atoms with Crippen molar-refractivity contribution in [2.75, 3.05) is 6.61 Å². The van der Waals surface area contributed by atoms with E-state index in [1.165, 1.54) is 0 Å². The molecule has 4 nitrogen and oxygen atoms in total. The second-order valence-corrected chi connectivity index (χ2v) is 5.78. The highest BCUT2D eigenvalue weighted by Gasteiger charge is 2.16. The maximum absolute atomic E-state index is 11.8. The largest absolute Gasteiger partial charge is 0.396 e. The number of aliphatic hydroxyl groups is 1. The molecule has 2 amide bonds. The summed E-state index contributed by atoms with van der Waals surface area (Å²) in [5, 5.41) is 15.6. The molecular formula is C14H20Cl2N2O2. The van der Waals surface area contributed by atoms with Crippen molar-refractivity contribution >= 4 is 29.2 Å². The van der Waals surface area contributed by atoms with Crippen LogP contribution in [0.1, 0.15) is 32.4 Å². The quantitative estimate of drug-likeness (QED) is 0.779. The van der Waals surface area contributed by atoms with Crippen LogP contribution in [-0.2, 0) is 0 Å². The van der Waals surface area contributed by atoms with Crippen molar-refractivity contribution in [2.45, 2.75) is 32.9 Å². The van der Waals surface area contributed by atoms with Gasteiger partial charge >= 0.3 is 6.03 Å². The van der Waals surface area contributed by atoms with Crippen LogP contribution in [0.25, 0.3) is 0 Å². The molecule has 0 aliphatic rings. The van der Waals surface area contributed by atoms with Gasteiger partial charge in [0.2, 0.25) is 0 Å². The normalized spacial score (nSPS) is 15.3. The lowest BCUT2D eigenvalue weighted by molar-refractivity contribution is 0.199. The summed E-state index contributed by atoms with van der Waals surface area (Å²) in [5.41, 5.74) is 0.873. The zero-order valence-electron chi connectivity index (χ0n) is 11.8. The van der Waals surface area contributed by atoms with E-state index in [9.17, 15) is 4.79 Å². The first kappa shape index (κ1) is 17.1. The molecule has 0 bridgehead atoms. The van der Waals surface area contributed by atoms with Crippen LogP contribution in [0.4, 0.5) is 4.79 Å². The molecule has 1 aromatic rings. The average Bonchev–Trinajstić information content (AvgIpc) is 2.40. The van der Waals surface area contributed by atoms with Crippen LogP contribution in [-0.4, -0.2) is 23.8 Å². The summed E-state index contributed by atoms with van der Waals surface area (Å²) < 4.78 is 0. The van der Waals surface area contributed by atoms with Crippen LogP contribution in [0.2, 0.25) is 10.0 Å². The van der Waals surface area contributed by atoms with E-state index in [-0.39, 0.29) is 30.6 Å². The third-order valence-corrected chi connectivity index (χ3v) is 4.03. The van der Waals surface area contributed by atoms with E-state index in [4.69, 9.17) is 28.3 Å². The second-order valence-electron chi connectivity index (χ2n) is 4.96. The molecule has 0 aromatic heterocycles. The summed E-state index contributed by atoms with van der Waals surface area (Å²) in [6.07, 6.45) is 0. The summed E-state index contributed by atoms with van der Waals surface area (Å²) in [5.74, 6) is 0.000956. The van der Waals surface area contributed by atoms with E-state index in [0.717, 1.165) is 5.56 Å². The van der Waals surface area contributed by atoms with Crippen molar-refractivity contribution in [1.29, 1.82) is 0 Å². The summed E-state index contributed by atoms with van der Waals surface area (Å²) in [6, 6.07) is 4.66. The highest BCUT2D eigenvalue weighted by molar-refractivity contribution is 6.42. The first-order valence-electron chi connectivity index (χ1n) is 6.48. The van der Waals surface area contributed by atoms with Crippen molar-refractivity contribution in [3.8, 4) is 0 Å². The summed E-state index contributed by atoms with van der Waals surface area (Å²) in [6.45, 7) is 5.61. The van der Waals surface area contributed by atoms with Crippen molar-refractivity contribution in [1.82, 2.24) is 10.6 Å². The fourth-order valence-electron chi connectivity index (χ4n) is 1.61. The molecule has 0 fully saturated rings. The smallest absolute Gasteiger partial charge is 0.315 e. The molecule has 0 saturated carbocycles.